The lowest BCUT2D eigenvalue weighted by molar-refractivity contribution is -0.884. The molecule has 2 aromatic carbocycles. The first-order valence-corrected chi connectivity index (χ1v) is 9.51. The normalized spacial score (nSPS) is 15.6. The van der Waals surface area contributed by atoms with E-state index in [2.05, 4.69) is 61.6 Å². The van der Waals surface area contributed by atoms with Gasteiger partial charge >= 0.3 is 0 Å². The number of rotatable bonds is 4. The Morgan fingerprint density at radius 3 is 2.41 bits per heavy atom. The summed E-state index contributed by atoms with van der Waals surface area (Å²) in [7, 11) is 2.24. The van der Waals surface area contributed by atoms with Crippen LogP contribution in [-0.2, 0) is 0 Å². The zero-order valence-electron chi connectivity index (χ0n) is 16.0. The number of hydrogen-bond acceptors (Lipinski definition) is 3. The molecule has 5 nitrogen and oxygen atoms in total. The number of nitrogens with zero attached hydrogens (tertiary/aromatic N) is 4. The SMILES string of the molecule is Cc1ccc(-c2nn(-c3ccccc3)cc2/C=N\N2CC[NH+](C)CC2)cc1. The minimum Gasteiger partial charge on any atom is -0.334 e. The summed E-state index contributed by atoms with van der Waals surface area (Å²) in [5.41, 5.74) is 5.40. The molecule has 0 amide bonds. The number of benzene rings is 2. The Morgan fingerprint density at radius 1 is 1.00 bits per heavy atom. The third kappa shape index (κ3) is 4.09. The number of quaternary nitrogens is 1. The number of piperazine rings is 1. The quantitative estimate of drug-likeness (QED) is 0.723. The molecule has 1 aliphatic rings. The van der Waals surface area contributed by atoms with Gasteiger partial charge in [0.1, 0.15) is 5.69 Å². The number of hydrogen-bond donors (Lipinski definition) is 1. The Kier molecular flexibility index (Phi) is 5.03. The molecule has 1 aliphatic heterocycles. The molecular formula is C22H26N5+. The topological polar surface area (TPSA) is 37.9 Å². The predicted molar refractivity (Wildman–Crippen MR) is 110 cm³/mol. The van der Waals surface area contributed by atoms with E-state index in [9.17, 15) is 0 Å². The number of para-hydroxylation sites is 1. The highest BCUT2D eigenvalue weighted by Crippen LogP contribution is 2.23. The van der Waals surface area contributed by atoms with Gasteiger partial charge in [0.05, 0.1) is 45.1 Å². The zero-order valence-corrected chi connectivity index (χ0v) is 16.0. The molecule has 3 aromatic rings. The van der Waals surface area contributed by atoms with Gasteiger partial charge in [-0.2, -0.15) is 10.2 Å². The van der Waals surface area contributed by atoms with Crippen LogP contribution in [0.5, 0.6) is 0 Å². The van der Waals surface area contributed by atoms with E-state index >= 15 is 0 Å². The Bertz CT molecular complexity index is 904. The van der Waals surface area contributed by atoms with Crippen molar-refractivity contribution < 1.29 is 4.90 Å². The standard InChI is InChI=1S/C22H25N5/c1-18-8-10-19(11-9-18)22-20(16-23-26-14-12-25(2)13-15-26)17-27(24-22)21-6-4-3-5-7-21/h3-11,16-17H,12-15H2,1-2H3/p+1/b23-16-. The van der Waals surface area contributed by atoms with E-state index in [1.54, 1.807) is 4.90 Å². The van der Waals surface area contributed by atoms with Crippen LogP contribution in [0, 0.1) is 6.92 Å². The van der Waals surface area contributed by atoms with E-state index in [0.717, 1.165) is 48.7 Å². The molecule has 5 heteroatoms. The third-order valence-electron chi connectivity index (χ3n) is 5.04. The summed E-state index contributed by atoms with van der Waals surface area (Å²) in [5, 5.41) is 11.8. The summed E-state index contributed by atoms with van der Waals surface area (Å²) in [6.45, 7) is 6.35. The summed E-state index contributed by atoms with van der Waals surface area (Å²) in [6.07, 6.45) is 4.03. The highest BCUT2D eigenvalue weighted by molar-refractivity contribution is 5.88. The molecule has 0 unspecified atom stereocenters. The van der Waals surface area contributed by atoms with Crippen molar-refractivity contribution in [1.82, 2.24) is 14.8 Å². The minimum atomic E-state index is 0.961. The lowest BCUT2D eigenvalue weighted by Crippen LogP contribution is -3.11. The number of aromatic nitrogens is 2. The molecule has 0 saturated carbocycles. The molecule has 0 aliphatic carbocycles. The first-order valence-electron chi connectivity index (χ1n) is 9.51. The third-order valence-corrected chi connectivity index (χ3v) is 5.04. The van der Waals surface area contributed by atoms with Crippen LogP contribution < -0.4 is 4.90 Å². The van der Waals surface area contributed by atoms with Gasteiger partial charge in [-0.3, -0.25) is 5.01 Å². The number of likely N-dealkylation sites (N-methyl/N-ethyl adjacent to an activating group) is 1. The minimum absolute atomic E-state index is 0.961. The van der Waals surface area contributed by atoms with Gasteiger partial charge in [0.2, 0.25) is 0 Å². The smallest absolute Gasteiger partial charge is 0.102 e. The van der Waals surface area contributed by atoms with Crippen molar-refractivity contribution in [3.63, 3.8) is 0 Å². The Hall–Kier alpha value is -2.92. The lowest BCUT2D eigenvalue weighted by atomic mass is 10.1. The van der Waals surface area contributed by atoms with Gasteiger partial charge in [0, 0.05) is 17.3 Å². The van der Waals surface area contributed by atoms with Crippen LogP contribution in [0.4, 0.5) is 0 Å². The molecule has 1 N–H and O–H groups in total. The van der Waals surface area contributed by atoms with E-state index < -0.39 is 0 Å². The van der Waals surface area contributed by atoms with Crippen LogP contribution >= 0.6 is 0 Å². The Balaban J connectivity index is 1.68. The van der Waals surface area contributed by atoms with Gasteiger partial charge in [-0.15, -0.1) is 0 Å². The average molecular weight is 360 g/mol. The fourth-order valence-corrected chi connectivity index (χ4v) is 3.27. The average Bonchev–Trinajstić information content (AvgIpc) is 3.13. The van der Waals surface area contributed by atoms with Crippen LogP contribution in [0.2, 0.25) is 0 Å². The molecule has 138 valence electrons. The van der Waals surface area contributed by atoms with Crippen LogP contribution in [0.1, 0.15) is 11.1 Å². The molecule has 27 heavy (non-hydrogen) atoms. The fourth-order valence-electron chi connectivity index (χ4n) is 3.27. The lowest BCUT2D eigenvalue weighted by Gasteiger charge is -2.27. The summed E-state index contributed by atoms with van der Waals surface area (Å²) >= 11 is 0. The van der Waals surface area contributed by atoms with E-state index in [1.807, 2.05) is 29.1 Å². The van der Waals surface area contributed by atoms with Crippen molar-refractivity contribution in [3.05, 3.63) is 71.9 Å². The van der Waals surface area contributed by atoms with Crippen LogP contribution in [0.25, 0.3) is 16.9 Å². The van der Waals surface area contributed by atoms with Crippen LogP contribution in [0.3, 0.4) is 0 Å². The highest BCUT2D eigenvalue weighted by atomic mass is 15.5. The summed E-state index contributed by atoms with van der Waals surface area (Å²) in [4.78, 5) is 1.57. The van der Waals surface area contributed by atoms with E-state index in [1.165, 1.54) is 5.56 Å². The summed E-state index contributed by atoms with van der Waals surface area (Å²) in [5.74, 6) is 0. The van der Waals surface area contributed by atoms with Crippen molar-refractivity contribution in [3.8, 4) is 16.9 Å². The van der Waals surface area contributed by atoms with Gasteiger partial charge in [-0.1, -0.05) is 48.0 Å². The van der Waals surface area contributed by atoms with Gasteiger partial charge in [-0.05, 0) is 19.1 Å². The van der Waals surface area contributed by atoms with Gasteiger partial charge in [-0.25, -0.2) is 4.68 Å². The van der Waals surface area contributed by atoms with E-state index in [0.29, 0.717) is 0 Å². The van der Waals surface area contributed by atoms with E-state index in [-0.39, 0.29) is 0 Å². The molecule has 1 saturated heterocycles. The number of hydrazone groups is 1. The summed E-state index contributed by atoms with van der Waals surface area (Å²) < 4.78 is 1.94. The monoisotopic (exact) mass is 360 g/mol. The molecule has 0 bridgehead atoms. The van der Waals surface area contributed by atoms with Gasteiger partial charge in [0.25, 0.3) is 0 Å². The second kappa shape index (κ2) is 7.76. The largest absolute Gasteiger partial charge is 0.334 e. The highest BCUT2D eigenvalue weighted by Gasteiger charge is 2.15. The first-order chi connectivity index (χ1) is 13.2. The molecule has 1 aromatic heterocycles. The van der Waals surface area contributed by atoms with Crippen molar-refractivity contribution >= 4 is 6.21 Å². The van der Waals surface area contributed by atoms with Crippen LogP contribution in [-0.4, -0.2) is 54.2 Å². The van der Waals surface area contributed by atoms with Gasteiger partial charge < -0.3 is 4.90 Å². The fraction of sp³-hybridized carbons (Fsp3) is 0.273. The maximum atomic E-state index is 4.86. The number of aryl methyl sites for hydroxylation is 1. The second-order valence-electron chi connectivity index (χ2n) is 7.23. The maximum Gasteiger partial charge on any atom is 0.102 e. The Morgan fingerprint density at radius 2 is 1.70 bits per heavy atom. The van der Waals surface area contributed by atoms with E-state index in [4.69, 9.17) is 10.2 Å². The molecule has 4 rings (SSSR count). The molecule has 0 radical (unpaired) electrons. The number of nitrogens with one attached hydrogen (secondary N) is 1. The summed E-state index contributed by atoms with van der Waals surface area (Å²) in [6, 6.07) is 18.7. The molecule has 2 heterocycles. The second-order valence-corrected chi connectivity index (χ2v) is 7.23. The molecule has 1 fully saturated rings. The van der Waals surface area contributed by atoms with Crippen molar-refractivity contribution in [1.29, 1.82) is 0 Å². The first kappa shape index (κ1) is 17.5. The predicted octanol–water partition coefficient (Wildman–Crippen LogP) is 2.01. The van der Waals surface area contributed by atoms with Gasteiger partial charge in [0.15, 0.2) is 0 Å². The van der Waals surface area contributed by atoms with Crippen molar-refractivity contribution in [2.24, 2.45) is 5.10 Å². The van der Waals surface area contributed by atoms with Crippen molar-refractivity contribution in [2.45, 2.75) is 6.92 Å². The zero-order chi connectivity index (χ0) is 18.6. The molecule has 0 spiro atoms. The van der Waals surface area contributed by atoms with Crippen LogP contribution in [0.15, 0.2) is 65.9 Å². The molecular weight excluding hydrogens is 334 g/mol. The Labute approximate surface area is 160 Å². The molecule has 0 atom stereocenters. The van der Waals surface area contributed by atoms with Crippen molar-refractivity contribution in [2.75, 3.05) is 33.2 Å². The maximum absolute atomic E-state index is 4.86.